The number of thiophene rings is 3. The number of benzene rings is 26. The minimum atomic E-state index is 1.11. The fourth-order valence-corrected chi connectivity index (χ4v) is 25.7. The third-order valence-corrected chi connectivity index (χ3v) is 33.0. The summed E-state index contributed by atoms with van der Waals surface area (Å²) in [5.41, 5.74) is 29.6. The van der Waals surface area contributed by atoms with E-state index in [1.54, 1.807) is 0 Å². The molecule has 0 saturated carbocycles. The van der Waals surface area contributed by atoms with Crippen molar-refractivity contribution in [2.24, 2.45) is 0 Å². The van der Waals surface area contributed by atoms with Crippen molar-refractivity contribution in [2.75, 3.05) is 14.7 Å². The van der Waals surface area contributed by atoms with Gasteiger partial charge in [0, 0.05) is 112 Å². The van der Waals surface area contributed by atoms with Crippen LogP contribution in [0.1, 0.15) is 0 Å². The van der Waals surface area contributed by atoms with Crippen LogP contribution in [-0.2, 0) is 0 Å². The Kier molecular flexibility index (Phi) is 23.7. The summed E-state index contributed by atoms with van der Waals surface area (Å²) in [6, 6.07) is 210. The van der Waals surface area contributed by atoms with E-state index in [1.807, 2.05) is 34.0 Å². The number of rotatable bonds is 17. The molecule has 0 amide bonds. The molecule has 6 heteroatoms. The van der Waals surface area contributed by atoms with Crippen LogP contribution in [0.5, 0.6) is 0 Å². The molecule has 0 unspecified atom stereocenters. The third-order valence-electron chi connectivity index (χ3n) is 29.6. The number of anilines is 9. The van der Waals surface area contributed by atoms with E-state index < -0.39 is 0 Å². The maximum absolute atomic E-state index is 2.41. The van der Waals surface area contributed by atoms with Gasteiger partial charge in [0.25, 0.3) is 0 Å². The first-order valence-electron chi connectivity index (χ1n) is 51.2. The highest BCUT2D eigenvalue weighted by Crippen LogP contribution is 2.51. The fraction of sp³-hybridized carbons (Fsp3) is 0. The molecule has 3 heterocycles. The molecule has 0 saturated heterocycles. The molecule has 29 rings (SSSR count). The molecule has 150 heavy (non-hydrogen) atoms. The monoisotopic (exact) mass is 1960 g/mol. The summed E-state index contributed by atoms with van der Waals surface area (Å²) < 4.78 is 7.85. The average molecular weight is 1960 g/mol. The van der Waals surface area contributed by atoms with Crippen molar-refractivity contribution in [2.45, 2.75) is 0 Å². The molecule has 0 aliphatic carbocycles. The van der Waals surface area contributed by atoms with Gasteiger partial charge in [0.15, 0.2) is 0 Å². The first kappa shape index (κ1) is 90.1. The molecule has 704 valence electrons. The molecular formula is C144H95N3S3. The molecule has 0 aliphatic rings. The number of hydrogen-bond acceptors (Lipinski definition) is 6. The Morgan fingerprint density at radius 2 is 0.327 bits per heavy atom. The van der Waals surface area contributed by atoms with E-state index in [1.165, 1.54) is 214 Å². The maximum Gasteiger partial charge on any atom is 0.0468 e. The number of nitrogens with zero attached hydrogens (tertiary/aromatic N) is 3. The minimum Gasteiger partial charge on any atom is -0.310 e. The van der Waals surface area contributed by atoms with E-state index in [2.05, 4.69) is 591 Å². The molecule has 3 nitrogen and oxygen atoms in total. The fourth-order valence-electron chi connectivity index (χ4n) is 22.4. The highest BCUT2D eigenvalue weighted by molar-refractivity contribution is 7.26. The zero-order valence-corrected chi connectivity index (χ0v) is 84.4. The predicted octanol–water partition coefficient (Wildman–Crippen LogP) is 42.8. The summed E-state index contributed by atoms with van der Waals surface area (Å²) >= 11 is 5.57. The highest BCUT2D eigenvalue weighted by atomic mass is 32.1. The maximum atomic E-state index is 2.41. The second-order valence-electron chi connectivity index (χ2n) is 38.4. The normalized spacial score (nSPS) is 11.5. The van der Waals surface area contributed by atoms with Gasteiger partial charge in [-0.05, 0) is 317 Å². The molecule has 0 atom stereocenters. The van der Waals surface area contributed by atoms with Crippen LogP contribution in [0.4, 0.5) is 51.2 Å². The molecule has 0 bridgehead atoms. The van der Waals surface area contributed by atoms with E-state index in [0.717, 1.165) is 51.2 Å². The summed E-state index contributed by atoms with van der Waals surface area (Å²) in [5, 5.41) is 23.1. The Morgan fingerprint density at radius 1 is 0.100 bits per heavy atom. The van der Waals surface area contributed by atoms with Gasteiger partial charge in [-0.3, -0.25) is 0 Å². The first-order valence-corrected chi connectivity index (χ1v) is 53.6. The lowest BCUT2D eigenvalue weighted by Crippen LogP contribution is -2.10. The van der Waals surface area contributed by atoms with Crippen LogP contribution in [0.2, 0.25) is 0 Å². The first-order chi connectivity index (χ1) is 74.4. The molecule has 0 aliphatic heterocycles. The van der Waals surface area contributed by atoms with Gasteiger partial charge in [0.05, 0.1) is 0 Å². The molecule has 3 aromatic heterocycles. The van der Waals surface area contributed by atoms with Crippen molar-refractivity contribution >= 4 is 210 Å². The van der Waals surface area contributed by atoms with Gasteiger partial charge >= 0.3 is 0 Å². The Bertz CT molecular complexity index is 10100. The summed E-state index contributed by atoms with van der Waals surface area (Å²) in [7, 11) is 0. The van der Waals surface area contributed by atoms with Crippen LogP contribution in [0.3, 0.4) is 0 Å². The van der Waals surface area contributed by atoms with E-state index in [0.29, 0.717) is 0 Å². The van der Waals surface area contributed by atoms with Gasteiger partial charge in [-0.15, -0.1) is 34.0 Å². The van der Waals surface area contributed by atoms with Crippen molar-refractivity contribution in [1.82, 2.24) is 0 Å². The predicted molar refractivity (Wildman–Crippen MR) is 651 cm³/mol. The highest BCUT2D eigenvalue weighted by Gasteiger charge is 2.25. The van der Waals surface area contributed by atoms with E-state index >= 15 is 0 Å². The molecule has 0 N–H and O–H groups in total. The van der Waals surface area contributed by atoms with Gasteiger partial charge in [0.1, 0.15) is 0 Å². The number of fused-ring (bicyclic) bond motifs is 18. The second-order valence-corrected chi connectivity index (χ2v) is 41.6. The Morgan fingerprint density at radius 3 is 0.680 bits per heavy atom. The molecule has 0 radical (unpaired) electrons. The standard InChI is InChI=1S/2C50H33NS.C44H29NS/c1-3-13-34(14-4-1)42-29-27-39(32-47(42)35-15-5-2-6-16-35)51(40-28-30-50-48(33-40)45-21-11-12-22-49(45)52-50)38-25-23-36(24-26-38)46-31-37-17-7-8-18-41(37)43-19-9-10-20-44(43)46;1-2-12-34(13-3-1)41-15-6-7-16-42(41)35-22-26-38(27-23-35)51(40-30-31-50-48(33-40)46-20-10-11-21-49(46)52-50)39-28-24-36(25-29-39)47-32-37-14-4-5-17-43(37)44-18-8-9-19-45(44)47;1-2-11-30(12-3-1)32-14-10-15-35(27-32)45(36-25-26-44-42(29-36)40-19-8-9-20-43(40)46-44)34-23-21-31(22-24-34)41-28-33-13-4-5-16-37(33)38-17-6-7-18-39(38)41/h2*1-33H;1-29H. The van der Waals surface area contributed by atoms with E-state index in [-0.39, 0.29) is 0 Å². The lowest BCUT2D eigenvalue weighted by Gasteiger charge is -2.27. The molecule has 26 aromatic carbocycles. The summed E-state index contributed by atoms with van der Waals surface area (Å²) in [4.78, 5) is 7.19. The second kappa shape index (κ2) is 39.4. The van der Waals surface area contributed by atoms with Gasteiger partial charge in [-0.1, -0.05) is 413 Å². The SMILES string of the molecule is c1ccc(-c2ccc(N(c3ccc(-c4cc5ccccc5c5ccccc45)cc3)c3ccc4sc5ccccc5c4c3)cc2-c2ccccc2)cc1.c1ccc(-c2cccc(N(c3ccc(-c4cc5ccccc5c5ccccc45)cc3)c3ccc4sc5ccccc5c4c3)c2)cc1.c1ccc(-c2ccccc2-c2ccc(N(c3ccc(-c4cc5ccccc5c5ccccc45)cc3)c3ccc4sc5ccccc5c4c3)cc2)cc1. The van der Waals surface area contributed by atoms with Crippen LogP contribution in [0.15, 0.2) is 576 Å². The minimum absolute atomic E-state index is 1.11. The van der Waals surface area contributed by atoms with Crippen molar-refractivity contribution in [3.05, 3.63) is 576 Å². The smallest absolute Gasteiger partial charge is 0.0468 e. The van der Waals surface area contributed by atoms with Gasteiger partial charge in [-0.25, -0.2) is 0 Å². The lowest BCUT2D eigenvalue weighted by molar-refractivity contribution is 1.29. The Balaban J connectivity index is 0.000000111. The Hall–Kier alpha value is -18.7. The largest absolute Gasteiger partial charge is 0.310 e. The van der Waals surface area contributed by atoms with Crippen LogP contribution >= 0.6 is 34.0 Å². The summed E-state index contributed by atoms with van der Waals surface area (Å²) in [6.45, 7) is 0. The number of hydrogen-bond donors (Lipinski definition) is 0. The van der Waals surface area contributed by atoms with Gasteiger partial charge in [0.2, 0.25) is 0 Å². The van der Waals surface area contributed by atoms with Gasteiger partial charge < -0.3 is 14.7 Å². The van der Waals surface area contributed by atoms with E-state index in [9.17, 15) is 0 Å². The molecule has 0 spiro atoms. The molecule has 29 aromatic rings. The van der Waals surface area contributed by atoms with Crippen LogP contribution in [0.25, 0.3) is 214 Å². The van der Waals surface area contributed by atoms with Crippen LogP contribution < -0.4 is 14.7 Å². The molecular weight excluding hydrogens is 1870 g/mol. The Labute approximate surface area is 883 Å². The third kappa shape index (κ3) is 17.1. The molecule has 0 fully saturated rings. The average Bonchev–Trinajstić information content (AvgIpc) is 1.72. The van der Waals surface area contributed by atoms with Gasteiger partial charge in [-0.2, -0.15) is 0 Å². The van der Waals surface area contributed by atoms with Crippen molar-refractivity contribution in [3.8, 4) is 89.0 Å². The lowest BCUT2D eigenvalue weighted by atomic mass is 9.93. The zero-order valence-electron chi connectivity index (χ0n) is 81.9. The zero-order chi connectivity index (χ0) is 99.3. The van der Waals surface area contributed by atoms with Crippen LogP contribution in [0, 0.1) is 0 Å². The van der Waals surface area contributed by atoms with Crippen molar-refractivity contribution in [1.29, 1.82) is 0 Å². The summed E-state index contributed by atoms with van der Waals surface area (Å²) in [6.07, 6.45) is 0. The van der Waals surface area contributed by atoms with Crippen LogP contribution in [-0.4, -0.2) is 0 Å². The van der Waals surface area contributed by atoms with Crippen molar-refractivity contribution in [3.63, 3.8) is 0 Å². The quantitative estimate of drug-likeness (QED) is 0.0842. The topological polar surface area (TPSA) is 9.72 Å². The summed E-state index contributed by atoms with van der Waals surface area (Å²) in [5.74, 6) is 0. The van der Waals surface area contributed by atoms with Crippen molar-refractivity contribution < 1.29 is 0 Å². The van der Waals surface area contributed by atoms with E-state index in [4.69, 9.17) is 0 Å².